The third kappa shape index (κ3) is 3.60. The van der Waals surface area contributed by atoms with Crippen molar-refractivity contribution in [1.29, 1.82) is 0 Å². The number of halogens is 1. The number of aliphatic hydroxyl groups is 1. The SMILES string of the molecule is CN(CCO)Cc1nc(CCl)cs1. The Morgan fingerprint density at radius 3 is 3.00 bits per heavy atom. The largest absolute Gasteiger partial charge is 0.395 e. The molecule has 1 aromatic heterocycles. The number of aromatic nitrogens is 1. The van der Waals surface area contributed by atoms with Crippen molar-refractivity contribution in [3.05, 3.63) is 16.1 Å². The van der Waals surface area contributed by atoms with Crippen molar-refractivity contribution in [2.24, 2.45) is 0 Å². The minimum absolute atomic E-state index is 0.185. The monoisotopic (exact) mass is 220 g/mol. The summed E-state index contributed by atoms with van der Waals surface area (Å²) in [5.74, 6) is 0.472. The summed E-state index contributed by atoms with van der Waals surface area (Å²) < 4.78 is 0. The normalized spacial score (nSPS) is 11.1. The lowest BCUT2D eigenvalue weighted by Crippen LogP contribution is -2.21. The number of nitrogens with zero attached hydrogens (tertiary/aromatic N) is 2. The summed E-state index contributed by atoms with van der Waals surface area (Å²) in [5.41, 5.74) is 0.930. The first-order valence-electron chi connectivity index (χ1n) is 4.05. The molecular weight excluding hydrogens is 208 g/mol. The third-order valence-corrected chi connectivity index (χ3v) is 2.78. The molecule has 1 aromatic rings. The molecule has 0 aliphatic rings. The number of aliphatic hydroxyl groups excluding tert-OH is 1. The lowest BCUT2D eigenvalue weighted by atomic mass is 10.5. The minimum Gasteiger partial charge on any atom is -0.395 e. The Kier molecular flexibility index (Phi) is 4.66. The highest BCUT2D eigenvalue weighted by Crippen LogP contribution is 2.12. The van der Waals surface area contributed by atoms with E-state index >= 15 is 0 Å². The van der Waals surface area contributed by atoms with Gasteiger partial charge in [-0.25, -0.2) is 4.98 Å². The maximum atomic E-state index is 8.69. The molecule has 13 heavy (non-hydrogen) atoms. The van der Waals surface area contributed by atoms with Crippen LogP contribution in [0.1, 0.15) is 10.7 Å². The van der Waals surface area contributed by atoms with Crippen molar-refractivity contribution in [2.75, 3.05) is 20.2 Å². The molecule has 0 saturated heterocycles. The standard InChI is InChI=1S/C8H13ClN2OS/c1-11(2-3-12)5-8-10-7(4-9)6-13-8/h6,12H,2-5H2,1H3. The predicted octanol–water partition coefficient (Wildman–Crippen LogP) is 1.31. The minimum atomic E-state index is 0.185. The fraction of sp³-hybridized carbons (Fsp3) is 0.625. The van der Waals surface area contributed by atoms with Crippen molar-refractivity contribution in [3.8, 4) is 0 Å². The Labute approximate surface area is 87.0 Å². The Morgan fingerprint density at radius 1 is 1.69 bits per heavy atom. The van der Waals surface area contributed by atoms with Crippen LogP contribution in [0.2, 0.25) is 0 Å². The fourth-order valence-corrected chi connectivity index (χ4v) is 2.06. The molecule has 0 aliphatic carbocycles. The van der Waals surface area contributed by atoms with Crippen LogP contribution >= 0.6 is 22.9 Å². The van der Waals surface area contributed by atoms with Gasteiger partial charge in [0, 0.05) is 11.9 Å². The lowest BCUT2D eigenvalue weighted by molar-refractivity contribution is 0.217. The van der Waals surface area contributed by atoms with Gasteiger partial charge in [0.2, 0.25) is 0 Å². The maximum absolute atomic E-state index is 8.69. The van der Waals surface area contributed by atoms with Gasteiger partial charge in [-0.2, -0.15) is 0 Å². The fourth-order valence-electron chi connectivity index (χ4n) is 0.964. The van der Waals surface area contributed by atoms with Crippen LogP contribution < -0.4 is 0 Å². The summed E-state index contributed by atoms with van der Waals surface area (Å²) >= 11 is 7.24. The molecule has 1 heterocycles. The summed E-state index contributed by atoms with van der Waals surface area (Å²) in [7, 11) is 1.96. The van der Waals surface area contributed by atoms with Gasteiger partial charge in [-0.3, -0.25) is 4.90 Å². The molecular formula is C8H13ClN2OS. The van der Waals surface area contributed by atoms with Crippen LogP contribution in [-0.2, 0) is 12.4 Å². The summed E-state index contributed by atoms with van der Waals surface area (Å²) in [6, 6.07) is 0. The Balaban J connectivity index is 2.44. The molecule has 0 unspecified atom stereocenters. The van der Waals surface area contributed by atoms with E-state index in [0.717, 1.165) is 17.2 Å². The van der Waals surface area contributed by atoms with E-state index < -0.39 is 0 Å². The maximum Gasteiger partial charge on any atom is 0.107 e. The molecule has 0 spiro atoms. The number of rotatable bonds is 5. The van der Waals surface area contributed by atoms with E-state index in [9.17, 15) is 0 Å². The molecule has 1 rings (SSSR count). The first kappa shape index (κ1) is 10.9. The van der Waals surface area contributed by atoms with Crippen LogP contribution in [0.25, 0.3) is 0 Å². The van der Waals surface area contributed by atoms with Crippen LogP contribution in [0.15, 0.2) is 5.38 Å². The van der Waals surface area contributed by atoms with Gasteiger partial charge in [0.25, 0.3) is 0 Å². The van der Waals surface area contributed by atoms with E-state index in [1.54, 1.807) is 11.3 Å². The highest BCUT2D eigenvalue weighted by atomic mass is 35.5. The molecule has 74 valence electrons. The van der Waals surface area contributed by atoms with E-state index in [2.05, 4.69) is 4.98 Å². The Bertz CT molecular complexity index is 254. The van der Waals surface area contributed by atoms with Gasteiger partial charge in [-0.15, -0.1) is 22.9 Å². The molecule has 3 nitrogen and oxygen atoms in total. The van der Waals surface area contributed by atoms with Crippen LogP contribution in [0.3, 0.4) is 0 Å². The molecule has 0 aromatic carbocycles. The van der Waals surface area contributed by atoms with Gasteiger partial charge >= 0.3 is 0 Å². The van der Waals surface area contributed by atoms with E-state index in [0.29, 0.717) is 12.4 Å². The molecule has 1 N–H and O–H groups in total. The van der Waals surface area contributed by atoms with Crippen molar-refractivity contribution in [1.82, 2.24) is 9.88 Å². The van der Waals surface area contributed by atoms with Crippen molar-refractivity contribution >= 4 is 22.9 Å². The average Bonchev–Trinajstić information content (AvgIpc) is 2.52. The molecule has 0 saturated carbocycles. The third-order valence-electron chi connectivity index (χ3n) is 1.62. The Hall–Kier alpha value is -0.160. The summed E-state index contributed by atoms with van der Waals surface area (Å²) in [4.78, 5) is 6.34. The van der Waals surface area contributed by atoms with Crippen molar-refractivity contribution in [2.45, 2.75) is 12.4 Å². The van der Waals surface area contributed by atoms with Crippen LogP contribution in [0.5, 0.6) is 0 Å². The van der Waals surface area contributed by atoms with Crippen LogP contribution in [-0.4, -0.2) is 35.2 Å². The lowest BCUT2D eigenvalue weighted by Gasteiger charge is -2.12. The van der Waals surface area contributed by atoms with Crippen LogP contribution in [0.4, 0.5) is 0 Å². The van der Waals surface area contributed by atoms with Crippen molar-refractivity contribution < 1.29 is 5.11 Å². The molecule has 5 heteroatoms. The molecule has 0 aliphatic heterocycles. The van der Waals surface area contributed by atoms with E-state index in [1.807, 2.05) is 17.3 Å². The first-order chi connectivity index (χ1) is 6.26. The highest BCUT2D eigenvalue weighted by Gasteiger charge is 2.03. The van der Waals surface area contributed by atoms with E-state index in [4.69, 9.17) is 16.7 Å². The zero-order valence-corrected chi connectivity index (χ0v) is 9.11. The quantitative estimate of drug-likeness (QED) is 0.761. The first-order valence-corrected chi connectivity index (χ1v) is 5.46. The average molecular weight is 221 g/mol. The highest BCUT2D eigenvalue weighted by molar-refractivity contribution is 7.09. The van der Waals surface area contributed by atoms with E-state index in [-0.39, 0.29) is 6.61 Å². The van der Waals surface area contributed by atoms with Gasteiger partial charge in [-0.05, 0) is 7.05 Å². The molecule has 0 fully saturated rings. The number of likely N-dealkylation sites (N-methyl/N-ethyl adjacent to an activating group) is 1. The van der Waals surface area contributed by atoms with Gasteiger partial charge in [0.1, 0.15) is 5.01 Å². The molecule has 0 atom stereocenters. The zero-order valence-electron chi connectivity index (χ0n) is 7.53. The second kappa shape index (κ2) is 5.54. The predicted molar refractivity (Wildman–Crippen MR) is 55.1 cm³/mol. The van der Waals surface area contributed by atoms with Gasteiger partial charge in [0.05, 0.1) is 24.7 Å². The van der Waals surface area contributed by atoms with Gasteiger partial charge in [0.15, 0.2) is 0 Å². The number of thiazole rings is 1. The van der Waals surface area contributed by atoms with Crippen molar-refractivity contribution in [3.63, 3.8) is 0 Å². The molecule has 0 amide bonds. The second-order valence-electron chi connectivity index (χ2n) is 2.83. The zero-order chi connectivity index (χ0) is 9.68. The van der Waals surface area contributed by atoms with E-state index in [1.165, 1.54) is 0 Å². The summed E-state index contributed by atoms with van der Waals surface area (Å²) in [6.07, 6.45) is 0. The van der Waals surface area contributed by atoms with Gasteiger partial charge < -0.3 is 5.11 Å². The smallest absolute Gasteiger partial charge is 0.107 e. The number of hydrogen-bond acceptors (Lipinski definition) is 4. The summed E-state index contributed by atoms with van der Waals surface area (Å²) in [6.45, 7) is 1.64. The Morgan fingerprint density at radius 2 is 2.46 bits per heavy atom. The second-order valence-corrected chi connectivity index (χ2v) is 4.04. The number of alkyl halides is 1. The van der Waals surface area contributed by atoms with Gasteiger partial charge in [-0.1, -0.05) is 0 Å². The molecule has 0 bridgehead atoms. The topological polar surface area (TPSA) is 36.4 Å². The molecule has 0 radical (unpaired) electrons. The summed E-state index contributed by atoms with van der Waals surface area (Å²) in [5, 5.41) is 11.7. The van der Waals surface area contributed by atoms with Crippen LogP contribution in [0, 0.1) is 0 Å². The number of hydrogen-bond donors (Lipinski definition) is 1.